The molecule has 108 valence electrons. The first kappa shape index (κ1) is 15.2. The molecule has 0 unspecified atom stereocenters. The number of nitrogens with one attached hydrogen (secondary N) is 1. The maximum absolute atomic E-state index is 12.3. The third-order valence-electron chi connectivity index (χ3n) is 2.96. The Bertz CT molecular complexity index is 752. The van der Waals surface area contributed by atoms with Crippen molar-refractivity contribution >= 4 is 10.0 Å². The Morgan fingerprint density at radius 3 is 2.48 bits per heavy atom. The number of sulfonamides is 1. The number of aliphatic hydroxyl groups excluding tert-OH is 1. The smallest absolute Gasteiger partial charge is 0.241 e. The lowest BCUT2D eigenvalue weighted by Gasteiger charge is -2.17. The number of rotatable bonds is 5. The molecule has 0 aromatic heterocycles. The molecule has 0 aliphatic carbocycles. The normalized spacial score (nSPS) is 12.6. The van der Waals surface area contributed by atoms with Crippen LogP contribution < -0.4 is 4.72 Å². The third-order valence-corrected chi connectivity index (χ3v) is 4.42. The lowest BCUT2D eigenvalue weighted by atomic mass is 10.1. The monoisotopic (exact) mass is 302 g/mol. The van der Waals surface area contributed by atoms with E-state index in [-0.39, 0.29) is 17.1 Å². The second-order valence-electron chi connectivity index (χ2n) is 4.41. The topological polar surface area (TPSA) is 90.2 Å². The predicted molar refractivity (Wildman–Crippen MR) is 77.7 cm³/mol. The van der Waals surface area contributed by atoms with Gasteiger partial charge in [-0.1, -0.05) is 36.4 Å². The fourth-order valence-corrected chi connectivity index (χ4v) is 3.15. The highest BCUT2D eigenvalue weighted by Gasteiger charge is 2.21. The summed E-state index contributed by atoms with van der Waals surface area (Å²) in [5, 5.41) is 18.2. The molecular weight excluding hydrogens is 288 g/mol. The van der Waals surface area contributed by atoms with Crippen molar-refractivity contribution in [1.29, 1.82) is 5.26 Å². The van der Waals surface area contributed by atoms with Gasteiger partial charge in [0.1, 0.15) is 0 Å². The fraction of sp³-hybridized carbons (Fsp3) is 0.133. The molecule has 0 bridgehead atoms. The van der Waals surface area contributed by atoms with Gasteiger partial charge in [0.25, 0.3) is 0 Å². The summed E-state index contributed by atoms with van der Waals surface area (Å²) in [5.41, 5.74) is 0.929. The molecule has 2 aromatic carbocycles. The van der Waals surface area contributed by atoms with Gasteiger partial charge in [-0.05, 0) is 23.8 Å². The van der Waals surface area contributed by atoms with Crippen LogP contribution in [-0.2, 0) is 10.0 Å². The molecule has 5 nitrogen and oxygen atoms in total. The zero-order valence-electron chi connectivity index (χ0n) is 11.1. The number of hydrogen-bond donors (Lipinski definition) is 2. The first-order chi connectivity index (χ1) is 10.1. The van der Waals surface area contributed by atoms with Crippen LogP contribution in [0.25, 0.3) is 0 Å². The number of benzene rings is 2. The fourth-order valence-electron chi connectivity index (χ4n) is 1.88. The van der Waals surface area contributed by atoms with Gasteiger partial charge in [-0.25, -0.2) is 13.1 Å². The number of nitrogens with zero attached hydrogens (tertiary/aromatic N) is 1. The summed E-state index contributed by atoms with van der Waals surface area (Å²) in [6.07, 6.45) is 0. The van der Waals surface area contributed by atoms with Crippen LogP contribution in [0.4, 0.5) is 0 Å². The average Bonchev–Trinajstić information content (AvgIpc) is 2.53. The lowest BCUT2D eigenvalue weighted by molar-refractivity contribution is 0.259. The van der Waals surface area contributed by atoms with E-state index in [9.17, 15) is 13.5 Å². The van der Waals surface area contributed by atoms with Crippen molar-refractivity contribution in [3.05, 3.63) is 65.7 Å². The largest absolute Gasteiger partial charge is 0.394 e. The van der Waals surface area contributed by atoms with Crippen LogP contribution in [-0.4, -0.2) is 20.1 Å². The van der Waals surface area contributed by atoms with Crippen LogP contribution in [0.5, 0.6) is 0 Å². The summed E-state index contributed by atoms with van der Waals surface area (Å²) in [6, 6.07) is 15.7. The average molecular weight is 302 g/mol. The van der Waals surface area contributed by atoms with Crippen molar-refractivity contribution in [3.8, 4) is 6.07 Å². The molecular formula is C15H14N2O3S. The Kier molecular flexibility index (Phi) is 4.70. The summed E-state index contributed by atoms with van der Waals surface area (Å²) < 4.78 is 27.1. The van der Waals surface area contributed by atoms with E-state index in [1.807, 2.05) is 12.1 Å². The van der Waals surface area contributed by atoms with Crippen LogP contribution in [0.1, 0.15) is 17.2 Å². The molecule has 2 rings (SSSR count). The molecule has 2 aromatic rings. The van der Waals surface area contributed by atoms with Crippen LogP contribution >= 0.6 is 0 Å². The van der Waals surface area contributed by atoms with Gasteiger partial charge in [0.2, 0.25) is 10.0 Å². The molecule has 0 aliphatic heterocycles. The summed E-state index contributed by atoms with van der Waals surface area (Å²) in [7, 11) is -3.81. The van der Waals surface area contributed by atoms with Crippen LogP contribution in [0.2, 0.25) is 0 Å². The quantitative estimate of drug-likeness (QED) is 0.877. The van der Waals surface area contributed by atoms with Gasteiger partial charge >= 0.3 is 0 Å². The van der Waals surface area contributed by atoms with Gasteiger partial charge in [0.15, 0.2) is 0 Å². The van der Waals surface area contributed by atoms with E-state index in [0.29, 0.717) is 5.56 Å². The molecule has 0 spiro atoms. The van der Waals surface area contributed by atoms with Gasteiger partial charge in [0.05, 0.1) is 29.2 Å². The summed E-state index contributed by atoms with van der Waals surface area (Å²) in [4.78, 5) is -0.00377. The van der Waals surface area contributed by atoms with E-state index in [0.717, 1.165) is 0 Å². The minimum Gasteiger partial charge on any atom is -0.394 e. The Labute approximate surface area is 123 Å². The Balaban J connectivity index is 2.30. The third kappa shape index (κ3) is 3.67. The number of hydrogen-bond acceptors (Lipinski definition) is 4. The van der Waals surface area contributed by atoms with Crippen molar-refractivity contribution in [2.45, 2.75) is 10.9 Å². The molecule has 0 radical (unpaired) electrons. The highest BCUT2D eigenvalue weighted by molar-refractivity contribution is 7.89. The molecule has 1 atom stereocenters. The van der Waals surface area contributed by atoms with Crippen molar-refractivity contribution in [3.63, 3.8) is 0 Å². The van der Waals surface area contributed by atoms with Gasteiger partial charge < -0.3 is 5.11 Å². The lowest BCUT2D eigenvalue weighted by Crippen LogP contribution is -2.30. The van der Waals surface area contributed by atoms with E-state index < -0.39 is 16.1 Å². The van der Waals surface area contributed by atoms with Gasteiger partial charge in [0, 0.05) is 0 Å². The minimum atomic E-state index is -3.81. The second kappa shape index (κ2) is 6.50. The Morgan fingerprint density at radius 2 is 1.86 bits per heavy atom. The van der Waals surface area contributed by atoms with E-state index in [1.54, 1.807) is 24.3 Å². The Hall–Kier alpha value is -2.20. The van der Waals surface area contributed by atoms with E-state index >= 15 is 0 Å². The minimum absolute atomic E-state index is 0.00377. The predicted octanol–water partition coefficient (Wildman–Crippen LogP) is 1.57. The van der Waals surface area contributed by atoms with Crippen LogP contribution in [0.15, 0.2) is 59.5 Å². The maximum atomic E-state index is 12.3. The standard InChI is InChI=1S/C15H14N2O3S/c16-10-12-5-4-8-14(9-12)21(19,20)17-15(11-18)13-6-2-1-3-7-13/h1-9,15,17-18H,11H2/t15-/m1/s1. The second-order valence-corrected chi connectivity index (χ2v) is 6.12. The molecule has 0 aliphatic rings. The molecule has 0 fully saturated rings. The van der Waals surface area contributed by atoms with Crippen molar-refractivity contribution in [1.82, 2.24) is 4.72 Å². The maximum Gasteiger partial charge on any atom is 0.241 e. The SMILES string of the molecule is N#Cc1cccc(S(=O)(=O)N[C@H](CO)c2ccccc2)c1. The zero-order valence-corrected chi connectivity index (χ0v) is 11.9. The van der Waals surface area contributed by atoms with Gasteiger partial charge in [-0.15, -0.1) is 0 Å². The van der Waals surface area contributed by atoms with E-state index in [1.165, 1.54) is 24.3 Å². The van der Waals surface area contributed by atoms with Crippen molar-refractivity contribution in [2.24, 2.45) is 0 Å². The van der Waals surface area contributed by atoms with Crippen molar-refractivity contribution in [2.75, 3.05) is 6.61 Å². The van der Waals surface area contributed by atoms with E-state index in [2.05, 4.69) is 4.72 Å². The van der Waals surface area contributed by atoms with Gasteiger partial charge in [-0.3, -0.25) is 0 Å². The molecule has 0 saturated carbocycles. The van der Waals surface area contributed by atoms with Crippen molar-refractivity contribution < 1.29 is 13.5 Å². The Morgan fingerprint density at radius 1 is 1.14 bits per heavy atom. The molecule has 0 amide bonds. The summed E-state index contributed by atoms with van der Waals surface area (Å²) in [5.74, 6) is 0. The first-order valence-corrected chi connectivity index (χ1v) is 7.73. The zero-order chi connectivity index (χ0) is 15.3. The van der Waals surface area contributed by atoms with Crippen LogP contribution in [0, 0.1) is 11.3 Å². The number of nitriles is 1. The number of aliphatic hydroxyl groups is 1. The molecule has 2 N–H and O–H groups in total. The molecule has 0 saturated heterocycles. The van der Waals surface area contributed by atoms with E-state index in [4.69, 9.17) is 5.26 Å². The highest BCUT2D eigenvalue weighted by atomic mass is 32.2. The van der Waals surface area contributed by atoms with Gasteiger partial charge in [-0.2, -0.15) is 5.26 Å². The highest BCUT2D eigenvalue weighted by Crippen LogP contribution is 2.17. The van der Waals surface area contributed by atoms with Crippen LogP contribution in [0.3, 0.4) is 0 Å². The molecule has 0 heterocycles. The summed E-state index contributed by atoms with van der Waals surface area (Å²) in [6.45, 7) is -0.360. The first-order valence-electron chi connectivity index (χ1n) is 6.25. The molecule has 6 heteroatoms. The molecule has 21 heavy (non-hydrogen) atoms. The summed E-state index contributed by atoms with van der Waals surface area (Å²) >= 11 is 0.